The number of hydrogen-bond acceptors (Lipinski definition) is 5. The molecular weight excluding hydrogens is 242 g/mol. The number of hydrogen-bond donors (Lipinski definition) is 1. The third-order valence-electron chi connectivity index (χ3n) is 2.92. The number of fused-ring (bicyclic) bond motifs is 1. The lowest BCUT2D eigenvalue weighted by Gasteiger charge is -2.01. The second-order valence-electron chi connectivity index (χ2n) is 4.49. The molecule has 6 nitrogen and oxygen atoms in total. The second-order valence-corrected chi connectivity index (χ2v) is 4.49. The van der Waals surface area contributed by atoms with Gasteiger partial charge in [-0.25, -0.2) is 9.98 Å². The molecule has 0 saturated heterocycles. The van der Waals surface area contributed by atoms with Crippen LogP contribution >= 0.6 is 0 Å². The molecule has 1 N–H and O–H groups in total. The van der Waals surface area contributed by atoms with E-state index in [0.717, 1.165) is 17.0 Å². The first-order valence-electron chi connectivity index (χ1n) is 5.93. The van der Waals surface area contributed by atoms with Crippen molar-refractivity contribution < 1.29 is 5.11 Å². The van der Waals surface area contributed by atoms with Gasteiger partial charge < -0.3 is 5.11 Å². The maximum atomic E-state index is 9.52. The summed E-state index contributed by atoms with van der Waals surface area (Å²) < 4.78 is 0. The molecule has 96 valence electrons. The molecule has 0 aliphatic carbocycles. The van der Waals surface area contributed by atoms with Crippen LogP contribution in [-0.2, 0) is 0 Å². The summed E-state index contributed by atoms with van der Waals surface area (Å²) in [5.74, 6) is 1.58. The van der Waals surface area contributed by atoms with E-state index >= 15 is 0 Å². The zero-order valence-electron chi connectivity index (χ0n) is 10.9. The maximum Gasteiger partial charge on any atom is 0.204 e. The Hall–Kier alpha value is -2.50. The number of aliphatic imine (C=N–C) groups is 1. The van der Waals surface area contributed by atoms with Crippen LogP contribution in [0.5, 0.6) is 5.75 Å². The highest BCUT2D eigenvalue weighted by molar-refractivity contribution is 6.48. The van der Waals surface area contributed by atoms with Crippen molar-refractivity contribution in [2.75, 3.05) is 0 Å². The predicted octanol–water partition coefficient (Wildman–Crippen LogP) is 1.96. The number of phenolic OH excluding ortho intramolecular Hbond substituents is 1. The van der Waals surface area contributed by atoms with Crippen LogP contribution in [0.15, 0.2) is 28.3 Å². The second kappa shape index (κ2) is 4.01. The van der Waals surface area contributed by atoms with Crippen molar-refractivity contribution >= 4 is 17.1 Å². The molecule has 6 heteroatoms. The molecule has 1 aromatic heterocycles. The third kappa shape index (κ3) is 1.91. The Balaban J connectivity index is 2.08. The van der Waals surface area contributed by atoms with Crippen LogP contribution in [-0.4, -0.2) is 31.4 Å². The molecule has 1 aromatic carbocycles. The van der Waals surface area contributed by atoms with Crippen LogP contribution < -0.4 is 0 Å². The summed E-state index contributed by atoms with van der Waals surface area (Å²) >= 11 is 0. The highest BCUT2D eigenvalue weighted by atomic mass is 16.3. The molecule has 2 aromatic rings. The van der Waals surface area contributed by atoms with Gasteiger partial charge >= 0.3 is 0 Å². The topological polar surface area (TPSA) is 75.7 Å². The fourth-order valence-electron chi connectivity index (χ4n) is 1.94. The van der Waals surface area contributed by atoms with Crippen molar-refractivity contribution in [2.24, 2.45) is 10.1 Å². The van der Waals surface area contributed by atoms with E-state index in [0.29, 0.717) is 17.4 Å². The molecule has 0 atom stereocenters. The molecule has 1 aliphatic heterocycles. The number of aromatic nitrogens is 3. The molecule has 0 unspecified atom stereocenters. The summed E-state index contributed by atoms with van der Waals surface area (Å²) in [6.07, 6.45) is 0. The molecule has 0 bridgehead atoms. The normalized spacial score (nSPS) is 15.7. The summed E-state index contributed by atoms with van der Waals surface area (Å²) in [5.41, 5.74) is 3.03. The number of nitrogens with zero attached hydrogens (tertiary/aromatic N) is 5. The van der Waals surface area contributed by atoms with Gasteiger partial charge in [0, 0.05) is 0 Å². The molecule has 2 heterocycles. The summed E-state index contributed by atoms with van der Waals surface area (Å²) in [4.78, 5) is 10.4. The lowest BCUT2D eigenvalue weighted by molar-refractivity contribution is 0.471. The summed E-state index contributed by atoms with van der Waals surface area (Å²) in [7, 11) is 0. The Morgan fingerprint density at radius 2 is 2.00 bits per heavy atom. The first kappa shape index (κ1) is 11.6. The van der Waals surface area contributed by atoms with E-state index in [1.54, 1.807) is 12.1 Å². The molecule has 0 fully saturated rings. The SMILES string of the molecule is CC1=Nn2nc(C)nc2C1=Nc1ccc(O)c(C)c1. The predicted molar refractivity (Wildman–Crippen MR) is 72.3 cm³/mol. The Bertz CT molecular complexity index is 727. The van der Waals surface area contributed by atoms with Gasteiger partial charge in [0.2, 0.25) is 5.82 Å². The van der Waals surface area contributed by atoms with Crippen molar-refractivity contribution in [2.45, 2.75) is 20.8 Å². The number of benzene rings is 1. The molecule has 0 spiro atoms. The average Bonchev–Trinajstić information content (AvgIpc) is 2.82. The zero-order chi connectivity index (χ0) is 13.6. The molecular formula is C13H13N5O. The van der Waals surface area contributed by atoms with Gasteiger partial charge in [-0.05, 0) is 44.5 Å². The molecule has 19 heavy (non-hydrogen) atoms. The van der Waals surface area contributed by atoms with Crippen molar-refractivity contribution in [1.29, 1.82) is 0 Å². The van der Waals surface area contributed by atoms with Gasteiger partial charge in [0.25, 0.3) is 0 Å². The Morgan fingerprint density at radius 3 is 2.74 bits per heavy atom. The van der Waals surface area contributed by atoms with E-state index in [1.165, 1.54) is 4.79 Å². The van der Waals surface area contributed by atoms with Gasteiger partial charge in [-0.15, -0.1) is 9.89 Å². The summed E-state index contributed by atoms with van der Waals surface area (Å²) in [6.45, 7) is 5.53. The standard InChI is InChI=1S/C13H13N5O/c1-7-6-10(4-5-11(7)19)15-12-8(2)16-18-13(12)14-9(3)17-18/h4-6,19H,1-3H3. The van der Waals surface area contributed by atoms with Gasteiger partial charge in [0.1, 0.15) is 11.5 Å². The first-order chi connectivity index (χ1) is 9.04. The summed E-state index contributed by atoms with van der Waals surface area (Å²) in [6, 6.07) is 5.21. The van der Waals surface area contributed by atoms with Gasteiger partial charge in [-0.3, -0.25) is 0 Å². The largest absolute Gasteiger partial charge is 0.508 e. The van der Waals surface area contributed by atoms with Crippen LogP contribution in [0.2, 0.25) is 0 Å². The van der Waals surface area contributed by atoms with E-state index < -0.39 is 0 Å². The quantitative estimate of drug-likeness (QED) is 0.846. The number of phenols is 1. The van der Waals surface area contributed by atoms with Crippen LogP contribution in [0, 0.1) is 13.8 Å². The van der Waals surface area contributed by atoms with E-state index in [9.17, 15) is 5.11 Å². The van der Waals surface area contributed by atoms with E-state index in [1.807, 2.05) is 26.8 Å². The third-order valence-corrected chi connectivity index (χ3v) is 2.92. The summed E-state index contributed by atoms with van der Waals surface area (Å²) in [5, 5.41) is 18.0. The smallest absolute Gasteiger partial charge is 0.204 e. The lowest BCUT2D eigenvalue weighted by atomic mass is 10.2. The Kier molecular flexibility index (Phi) is 2.45. The minimum Gasteiger partial charge on any atom is -0.508 e. The van der Waals surface area contributed by atoms with Crippen LogP contribution in [0.1, 0.15) is 24.1 Å². The highest BCUT2D eigenvalue weighted by Crippen LogP contribution is 2.23. The fraction of sp³-hybridized carbons (Fsp3) is 0.231. The highest BCUT2D eigenvalue weighted by Gasteiger charge is 2.23. The Morgan fingerprint density at radius 1 is 1.21 bits per heavy atom. The maximum absolute atomic E-state index is 9.52. The minimum absolute atomic E-state index is 0.264. The first-order valence-corrected chi connectivity index (χ1v) is 5.93. The van der Waals surface area contributed by atoms with E-state index in [4.69, 9.17) is 0 Å². The van der Waals surface area contributed by atoms with Crippen LogP contribution in [0.3, 0.4) is 0 Å². The van der Waals surface area contributed by atoms with E-state index in [2.05, 4.69) is 20.2 Å². The lowest BCUT2D eigenvalue weighted by Crippen LogP contribution is -2.08. The van der Waals surface area contributed by atoms with Gasteiger partial charge in [-0.1, -0.05) is 0 Å². The van der Waals surface area contributed by atoms with Crippen LogP contribution in [0.4, 0.5) is 5.69 Å². The monoisotopic (exact) mass is 255 g/mol. The van der Waals surface area contributed by atoms with Gasteiger partial charge in [0.15, 0.2) is 5.82 Å². The molecule has 1 aliphatic rings. The van der Waals surface area contributed by atoms with Crippen molar-refractivity contribution in [3.63, 3.8) is 0 Å². The zero-order valence-corrected chi connectivity index (χ0v) is 10.9. The number of aromatic hydroxyl groups is 1. The molecule has 0 amide bonds. The Labute approximate surface area is 110 Å². The molecule has 3 rings (SSSR count). The van der Waals surface area contributed by atoms with Crippen molar-refractivity contribution in [3.05, 3.63) is 35.4 Å². The van der Waals surface area contributed by atoms with Gasteiger partial charge in [0.05, 0.1) is 11.4 Å². The van der Waals surface area contributed by atoms with Crippen molar-refractivity contribution in [1.82, 2.24) is 14.9 Å². The number of aryl methyl sites for hydroxylation is 2. The van der Waals surface area contributed by atoms with Crippen LogP contribution in [0.25, 0.3) is 0 Å². The van der Waals surface area contributed by atoms with E-state index in [-0.39, 0.29) is 5.75 Å². The molecule has 0 radical (unpaired) electrons. The molecule has 0 saturated carbocycles. The van der Waals surface area contributed by atoms with Gasteiger partial charge in [-0.2, -0.15) is 5.10 Å². The number of rotatable bonds is 1. The van der Waals surface area contributed by atoms with Crippen molar-refractivity contribution in [3.8, 4) is 5.75 Å². The fourth-order valence-corrected chi connectivity index (χ4v) is 1.94. The minimum atomic E-state index is 0.264. The average molecular weight is 255 g/mol.